The Kier molecular flexibility index (Phi) is 3.59. The number of aromatic carboxylic acids is 1. The molecule has 1 aromatic rings. The van der Waals surface area contributed by atoms with E-state index >= 15 is 0 Å². The van der Waals surface area contributed by atoms with E-state index in [0.29, 0.717) is 5.69 Å². The van der Waals surface area contributed by atoms with Gasteiger partial charge in [0.25, 0.3) is 0 Å². The van der Waals surface area contributed by atoms with Crippen LogP contribution in [-0.4, -0.2) is 16.1 Å². The monoisotopic (exact) mass is 194 g/mol. The molecule has 0 aromatic carbocycles. The smallest absolute Gasteiger partial charge is 0.337 e. The second-order valence-corrected chi connectivity index (χ2v) is 3.14. The third-order valence-corrected chi connectivity index (χ3v) is 2.02. The first-order valence-corrected chi connectivity index (χ1v) is 4.60. The fraction of sp³-hybridized carbons (Fsp3) is 0.400. The zero-order chi connectivity index (χ0) is 10.6. The lowest BCUT2D eigenvalue weighted by atomic mass is 10.0. The quantitative estimate of drug-likeness (QED) is 0.762. The summed E-state index contributed by atoms with van der Waals surface area (Å²) in [4.78, 5) is 14.8. The third kappa shape index (κ3) is 2.29. The van der Waals surface area contributed by atoms with Crippen molar-refractivity contribution in [2.24, 2.45) is 5.73 Å². The molecule has 0 spiro atoms. The van der Waals surface area contributed by atoms with Gasteiger partial charge in [-0.05, 0) is 18.6 Å². The summed E-state index contributed by atoms with van der Waals surface area (Å²) < 4.78 is 0. The van der Waals surface area contributed by atoms with Crippen molar-refractivity contribution in [3.63, 3.8) is 0 Å². The van der Waals surface area contributed by atoms with Crippen molar-refractivity contribution in [2.75, 3.05) is 0 Å². The minimum absolute atomic E-state index is 0.202. The van der Waals surface area contributed by atoms with Gasteiger partial charge in [0.15, 0.2) is 0 Å². The Bertz CT molecular complexity index is 326. The van der Waals surface area contributed by atoms with Crippen molar-refractivity contribution < 1.29 is 9.90 Å². The molecule has 76 valence electrons. The third-order valence-electron chi connectivity index (χ3n) is 2.02. The summed E-state index contributed by atoms with van der Waals surface area (Å²) in [6.45, 7) is 2.00. The molecule has 0 aliphatic rings. The van der Waals surface area contributed by atoms with Gasteiger partial charge in [-0.25, -0.2) is 4.79 Å². The maximum Gasteiger partial charge on any atom is 0.337 e. The Morgan fingerprint density at radius 3 is 3.00 bits per heavy atom. The number of nitrogens with zero attached hydrogens (tertiary/aromatic N) is 1. The van der Waals surface area contributed by atoms with Gasteiger partial charge in [0.05, 0.1) is 11.3 Å². The Hall–Kier alpha value is -1.42. The summed E-state index contributed by atoms with van der Waals surface area (Å²) in [6, 6.07) is 2.85. The fourth-order valence-corrected chi connectivity index (χ4v) is 1.34. The van der Waals surface area contributed by atoms with Crippen LogP contribution in [0.5, 0.6) is 0 Å². The molecule has 0 aliphatic carbocycles. The number of hydrogen-bond donors (Lipinski definition) is 2. The summed E-state index contributed by atoms with van der Waals surface area (Å²) in [5, 5.41) is 8.89. The minimum atomic E-state index is -0.973. The van der Waals surface area contributed by atoms with E-state index in [1.54, 1.807) is 12.3 Å². The summed E-state index contributed by atoms with van der Waals surface area (Å²) in [7, 11) is 0. The van der Waals surface area contributed by atoms with Crippen LogP contribution >= 0.6 is 0 Å². The average molecular weight is 194 g/mol. The van der Waals surface area contributed by atoms with Crippen LogP contribution in [0.1, 0.15) is 41.9 Å². The Morgan fingerprint density at radius 1 is 1.71 bits per heavy atom. The fourth-order valence-electron chi connectivity index (χ4n) is 1.34. The molecule has 3 N–H and O–H groups in total. The van der Waals surface area contributed by atoms with Gasteiger partial charge in [0.2, 0.25) is 0 Å². The Labute approximate surface area is 82.8 Å². The highest BCUT2D eigenvalue weighted by Gasteiger charge is 2.15. The molecule has 0 saturated heterocycles. The molecule has 0 fully saturated rings. The van der Waals surface area contributed by atoms with Gasteiger partial charge >= 0.3 is 5.97 Å². The molecule has 0 radical (unpaired) electrons. The first-order chi connectivity index (χ1) is 6.66. The molecule has 0 aliphatic heterocycles. The topological polar surface area (TPSA) is 76.2 Å². The second kappa shape index (κ2) is 4.72. The average Bonchev–Trinajstić information content (AvgIpc) is 2.18. The first-order valence-electron chi connectivity index (χ1n) is 4.60. The predicted molar refractivity (Wildman–Crippen MR) is 53.0 cm³/mol. The Balaban J connectivity index is 3.00. The zero-order valence-corrected chi connectivity index (χ0v) is 8.10. The van der Waals surface area contributed by atoms with Gasteiger partial charge in [0, 0.05) is 12.2 Å². The van der Waals surface area contributed by atoms with Crippen LogP contribution in [0, 0.1) is 0 Å². The van der Waals surface area contributed by atoms with Crippen molar-refractivity contribution in [3.05, 3.63) is 29.6 Å². The van der Waals surface area contributed by atoms with Gasteiger partial charge in [-0.1, -0.05) is 13.3 Å². The molecule has 1 unspecified atom stereocenters. The molecule has 4 heteroatoms. The van der Waals surface area contributed by atoms with Gasteiger partial charge in [0.1, 0.15) is 0 Å². The van der Waals surface area contributed by atoms with Gasteiger partial charge in [-0.15, -0.1) is 0 Å². The van der Waals surface area contributed by atoms with E-state index in [1.165, 1.54) is 6.07 Å². The SMILES string of the molecule is CCCC(N)c1ncccc1C(=O)O. The van der Waals surface area contributed by atoms with E-state index in [9.17, 15) is 4.79 Å². The van der Waals surface area contributed by atoms with Crippen LogP contribution in [0.15, 0.2) is 18.3 Å². The van der Waals surface area contributed by atoms with Crippen LogP contribution in [0.4, 0.5) is 0 Å². The molecule has 0 amide bonds. The second-order valence-electron chi connectivity index (χ2n) is 3.14. The highest BCUT2D eigenvalue weighted by molar-refractivity contribution is 5.88. The van der Waals surface area contributed by atoms with Crippen molar-refractivity contribution >= 4 is 5.97 Å². The normalized spacial score (nSPS) is 12.4. The van der Waals surface area contributed by atoms with Crippen molar-refractivity contribution in [3.8, 4) is 0 Å². The van der Waals surface area contributed by atoms with Crippen LogP contribution < -0.4 is 5.73 Å². The molecule has 1 rings (SSSR count). The lowest BCUT2D eigenvalue weighted by Gasteiger charge is -2.11. The van der Waals surface area contributed by atoms with Gasteiger partial charge in [-0.2, -0.15) is 0 Å². The van der Waals surface area contributed by atoms with Crippen molar-refractivity contribution in [2.45, 2.75) is 25.8 Å². The van der Waals surface area contributed by atoms with E-state index in [1.807, 2.05) is 6.92 Å². The van der Waals surface area contributed by atoms with Gasteiger partial charge < -0.3 is 10.8 Å². The van der Waals surface area contributed by atoms with Gasteiger partial charge in [-0.3, -0.25) is 4.98 Å². The number of nitrogens with two attached hydrogens (primary N) is 1. The molecule has 1 heterocycles. The summed E-state index contributed by atoms with van der Waals surface area (Å²) in [6.07, 6.45) is 3.23. The van der Waals surface area contributed by atoms with Crippen LogP contribution in [0.2, 0.25) is 0 Å². The molecule has 0 saturated carbocycles. The number of hydrogen-bond acceptors (Lipinski definition) is 3. The number of carbonyl (C=O) groups is 1. The Morgan fingerprint density at radius 2 is 2.43 bits per heavy atom. The van der Waals surface area contributed by atoms with E-state index in [-0.39, 0.29) is 11.6 Å². The van der Waals surface area contributed by atoms with E-state index < -0.39 is 5.97 Å². The van der Waals surface area contributed by atoms with Crippen LogP contribution in [-0.2, 0) is 0 Å². The highest BCUT2D eigenvalue weighted by atomic mass is 16.4. The molecule has 0 bridgehead atoms. The summed E-state index contributed by atoms with van der Waals surface area (Å²) in [5.41, 5.74) is 6.49. The molecule has 4 nitrogen and oxygen atoms in total. The zero-order valence-electron chi connectivity index (χ0n) is 8.10. The number of pyridine rings is 1. The maximum atomic E-state index is 10.8. The largest absolute Gasteiger partial charge is 0.478 e. The summed E-state index contributed by atoms with van der Waals surface area (Å²) in [5.74, 6) is -0.973. The number of carboxylic acid groups (broad SMARTS) is 1. The lowest BCUT2D eigenvalue weighted by Crippen LogP contribution is -2.16. The minimum Gasteiger partial charge on any atom is -0.478 e. The van der Waals surface area contributed by atoms with E-state index in [2.05, 4.69) is 4.98 Å². The first kappa shape index (κ1) is 10.7. The maximum absolute atomic E-state index is 10.8. The standard InChI is InChI=1S/C10H14N2O2/c1-2-4-8(11)9-7(10(13)14)5-3-6-12-9/h3,5-6,8H,2,4,11H2,1H3,(H,13,14). The van der Waals surface area contributed by atoms with E-state index in [4.69, 9.17) is 10.8 Å². The van der Waals surface area contributed by atoms with Crippen molar-refractivity contribution in [1.82, 2.24) is 4.98 Å². The molecule has 1 aromatic heterocycles. The van der Waals surface area contributed by atoms with Crippen LogP contribution in [0.25, 0.3) is 0 Å². The lowest BCUT2D eigenvalue weighted by molar-refractivity contribution is 0.0694. The highest BCUT2D eigenvalue weighted by Crippen LogP contribution is 2.17. The molecular weight excluding hydrogens is 180 g/mol. The number of carboxylic acids is 1. The van der Waals surface area contributed by atoms with E-state index in [0.717, 1.165) is 12.8 Å². The van der Waals surface area contributed by atoms with Crippen LogP contribution in [0.3, 0.4) is 0 Å². The van der Waals surface area contributed by atoms with Crippen molar-refractivity contribution in [1.29, 1.82) is 0 Å². The number of aromatic nitrogens is 1. The summed E-state index contributed by atoms with van der Waals surface area (Å²) >= 11 is 0. The molecule has 14 heavy (non-hydrogen) atoms. The molecular formula is C10H14N2O2. The number of rotatable bonds is 4. The molecule has 1 atom stereocenters. The predicted octanol–water partition coefficient (Wildman–Crippen LogP) is 1.58.